The fraction of sp³-hybridized carbons (Fsp3) is 0.750. The van der Waals surface area contributed by atoms with Crippen LogP contribution in [0.4, 0.5) is 0 Å². The second-order valence-electron chi connectivity index (χ2n) is 5.00. The minimum Gasteiger partial charge on any atom is -0.396 e. The van der Waals surface area contributed by atoms with Crippen LogP contribution in [0.2, 0.25) is 0 Å². The SMILES string of the molecule is O=c1[nH]c(CNCC2(CO)CCCCC2)cs1. The molecule has 5 heteroatoms. The minimum absolute atomic E-state index is 0.00339. The van der Waals surface area contributed by atoms with Crippen molar-refractivity contribution >= 4 is 11.3 Å². The first-order valence-corrected chi connectivity index (χ1v) is 7.10. The van der Waals surface area contributed by atoms with E-state index in [0.29, 0.717) is 6.54 Å². The average molecular weight is 256 g/mol. The standard InChI is InChI=1S/C12H20N2O2S/c15-9-12(4-2-1-3-5-12)8-13-6-10-7-17-11(16)14-10/h7,13,15H,1-6,8-9H2,(H,14,16). The van der Waals surface area contributed by atoms with Gasteiger partial charge in [0.15, 0.2) is 0 Å². The molecule has 0 saturated heterocycles. The number of aliphatic hydroxyl groups is 1. The van der Waals surface area contributed by atoms with Crippen molar-refractivity contribution < 1.29 is 5.11 Å². The van der Waals surface area contributed by atoms with Crippen molar-refractivity contribution in [2.45, 2.75) is 38.6 Å². The molecule has 1 fully saturated rings. The van der Waals surface area contributed by atoms with Crippen molar-refractivity contribution in [3.63, 3.8) is 0 Å². The number of hydrogen-bond acceptors (Lipinski definition) is 4. The van der Waals surface area contributed by atoms with Crippen LogP contribution in [0.5, 0.6) is 0 Å². The van der Waals surface area contributed by atoms with E-state index in [1.165, 1.54) is 30.6 Å². The van der Waals surface area contributed by atoms with Gasteiger partial charge in [0.05, 0.1) is 0 Å². The first-order valence-electron chi connectivity index (χ1n) is 6.22. The van der Waals surface area contributed by atoms with Crippen LogP contribution in [0.1, 0.15) is 37.8 Å². The number of thiazole rings is 1. The summed E-state index contributed by atoms with van der Waals surface area (Å²) in [6.07, 6.45) is 5.95. The van der Waals surface area contributed by atoms with Gasteiger partial charge in [-0.3, -0.25) is 4.79 Å². The van der Waals surface area contributed by atoms with Crippen LogP contribution in [0.3, 0.4) is 0 Å². The predicted octanol–water partition coefficient (Wildman–Crippen LogP) is 1.47. The van der Waals surface area contributed by atoms with E-state index in [9.17, 15) is 9.90 Å². The van der Waals surface area contributed by atoms with E-state index in [1.54, 1.807) is 0 Å². The van der Waals surface area contributed by atoms with Gasteiger partial charge in [-0.1, -0.05) is 30.6 Å². The Kier molecular flexibility index (Phi) is 4.36. The van der Waals surface area contributed by atoms with Gasteiger partial charge >= 0.3 is 4.87 Å². The number of aromatic nitrogens is 1. The molecule has 0 aromatic carbocycles. The maximum Gasteiger partial charge on any atom is 0.304 e. The van der Waals surface area contributed by atoms with Gasteiger partial charge in [0.25, 0.3) is 0 Å². The summed E-state index contributed by atoms with van der Waals surface area (Å²) in [5.74, 6) is 0. The second-order valence-corrected chi connectivity index (χ2v) is 5.84. The summed E-state index contributed by atoms with van der Waals surface area (Å²) >= 11 is 1.19. The minimum atomic E-state index is -0.00339. The third kappa shape index (κ3) is 3.40. The van der Waals surface area contributed by atoms with Gasteiger partial charge in [-0.25, -0.2) is 0 Å². The zero-order chi connectivity index (χ0) is 12.1. The smallest absolute Gasteiger partial charge is 0.304 e. The lowest BCUT2D eigenvalue weighted by Gasteiger charge is -2.35. The average Bonchev–Trinajstić information content (AvgIpc) is 2.76. The molecule has 1 aliphatic carbocycles. The lowest BCUT2D eigenvalue weighted by atomic mass is 9.74. The Morgan fingerprint density at radius 2 is 2.18 bits per heavy atom. The Labute approximate surface area is 105 Å². The molecular weight excluding hydrogens is 236 g/mol. The number of hydrogen-bond donors (Lipinski definition) is 3. The van der Waals surface area contributed by atoms with Gasteiger partial charge in [0.2, 0.25) is 0 Å². The largest absolute Gasteiger partial charge is 0.396 e. The van der Waals surface area contributed by atoms with Gasteiger partial charge in [0.1, 0.15) is 0 Å². The summed E-state index contributed by atoms with van der Waals surface area (Å²) in [4.78, 5) is 13.7. The second kappa shape index (κ2) is 5.80. The molecule has 1 heterocycles. The van der Waals surface area contributed by atoms with E-state index in [2.05, 4.69) is 10.3 Å². The van der Waals surface area contributed by atoms with Gasteiger partial charge in [-0.2, -0.15) is 0 Å². The molecule has 0 unspecified atom stereocenters. The number of aromatic amines is 1. The first-order chi connectivity index (χ1) is 8.24. The highest BCUT2D eigenvalue weighted by molar-refractivity contribution is 7.07. The summed E-state index contributed by atoms with van der Waals surface area (Å²) in [5.41, 5.74) is 0.998. The molecule has 0 atom stereocenters. The maximum absolute atomic E-state index is 11.0. The molecular formula is C12H20N2O2S. The highest BCUT2D eigenvalue weighted by Crippen LogP contribution is 2.35. The van der Waals surface area contributed by atoms with Crippen LogP contribution in [-0.4, -0.2) is 23.2 Å². The summed E-state index contributed by atoms with van der Waals surface area (Å²) in [5, 5.41) is 14.7. The van der Waals surface area contributed by atoms with Crippen LogP contribution < -0.4 is 10.2 Å². The van der Waals surface area contributed by atoms with E-state index in [0.717, 1.165) is 25.1 Å². The van der Waals surface area contributed by atoms with Gasteiger partial charge in [-0.15, -0.1) is 0 Å². The molecule has 1 aliphatic rings. The molecule has 1 aromatic heterocycles. The van der Waals surface area contributed by atoms with Crippen molar-refractivity contribution in [3.05, 3.63) is 20.7 Å². The van der Waals surface area contributed by atoms with Crippen molar-refractivity contribution in [2.24, 2.45) is 5.41 Å². The topological polar surface area (TPSA) is 65.1 Å². The molecule has 0 spiro atoms. The Morgan fingerprint density at radius 1 is 1.41 bits per heavy atom. The summed E-state index contributed by atoms with van der Waals surface area (Å²) < 4.78 is 0. The van der Waals surface area contributed by atoms with Gasteiger partial charge in [-0.05, 0) is 12.8 Å². The Balaban J connectivity index is 1.81. The van der Waals surface area contributed by atoms with E-state index in [4.69, 9.17) is 0 Å². The van der Waals surface area contributed by atoms with Crippen LogP contribution in [0.25, 0.3) is 0 Å². The Bertz CT molecular complexity index is 393. The summed E-state index contributed by atoms with van der Waals surface area (Å²) in [6, 6.07) is 0. The van der Waals surface area contributed by atoms with Gasteiger partial charge < -0.3 is 15.4 Å². The number of H-pyrrole nitrogens is 1. The van der Waals surface area contributed by atoms with E-state index >= 15 is 0 Å². The van der Waals surface area contributed by atoms with E-state index < -0.39 is 0 Å². The maximum atomic E-state index is 11.0. The Hall–Kier alpha value is -0.650. The molecule has 0 radical (unpaired) electrons. The van der Waals surface area contributed by atoms with Crippen molar-refractivity contribution in [2.75, 3.05) is 13.2 Å². The first kappa shape index (κ1) is 12.8. The fourth-order valence-corrected chi connectivity index (χ4v) is 3.14. The zero-order valence-corrected chi connectivity index (χ0v) is 10.8. The van der Waals surface area contributed by atoms with Crippen LogP contribution >= 0.6 is 11.3 Å². The lowest BCUT2D eigenvalue weighted by molar-refractivity contribution is 0.0810. The quantitative estimate of drug-likeness (QED) is 0.747. The predicted molar refractivity (Wildman–Crippen MR) is 69.3 cm³/mol. The molecule has 17 heavy (non-hydrogen) atoms. The van der Waals surface area contributed by atoms with E-state index in [-0.39, 0.29) is 16.9 Å². The third-order valence-corrected chi connectivity index (χ3v) is 4.35. The normalized spacial score (nSPS) is 19.4. The fourth-order valence-electron chi connectivity index (χ4n) is 2.56. The van der Waals surface area contributed by atoms with Crippen molar-refractivity contribution in [1.29, 1.82) is 0 Å². The number of rotatable bonds is 5. The number of aliphatic hydroxyl groups excluding tert-OH is 1. The molecule has 1 saturated carbocycles. The van der Waals surface area contributed by atoms with Crippen molar-refractivity contribution in [1.82, 2.24) is 10.3 Å². The van der Waals surface area contributed by atoms with E-state index in [1.807, 2.05) is 5.38 Å². The molecule has 96 valence electrons. The zero-order valence-electron chi connectivity index (χ0n) is 10.00. The molecule has 0 aliphatic heterocycles. The molecule has 4 nitrogen and oxygen atoms in total. The van der Waals surface area contributed by atoms with Gasteiger partial charge in [0, 0.05) is 36.2 Å². The highest BCUT2D eigenvalue weighted by atomic mass is 32.1. The third-order valence-electron chi connectivity index (χ3n) is 3.64. The molecule has 3 N–H and O–H groups in total. The van der Waals surface area contributed by atoms with Crippen LogP contribution in [0, 0.1) is 5.41 Å². The molecule has 0 amide bonds. The van der Waals surface area contributed by atoms with Crippen LogP contribution in [0.15, 0.2) is 10.2 Å². The molecule has 1 aromatic rings. The van der Waals surface area contributed by atoms with Crippen LogP contribution in [-0.2, 0) is 6.54 Å². The Morgan fingerprint density at radius 3 is 2.76 bits per heavy atom. The lowest BCUT2D eigenvalue weighted by Crippen LogP contribution is -2.38. The summed E-state index contributed by atoms with van der Waals surface area (Å²) in [7, 11) is 0. The molecule has 0 bridgehead atoms. The monoisotopic (exact) mass is 256 g/mol. The highest BCUT2D eigenvalue weighted by Gasteiger charge is 2.30. The summed E-state index contributed by atoms with van der Waals surface area (Å²) in [6.45, 7) is 1.78. The molecule has 2 rings (SSSR count). The number of nitrogens with one attached hydrogen (secondary N) is 2. The van der Waals surface area contributed by atoms with Crippen molar-refractivity contribution in [3.8, 4) is 0 Å².